The van der Waals surface area contributed by atoms with Crippen molar-refractivity contribution in [2.24, 2.45) is 0 Å². The zero-order chi connectivity index (χ0) is 14.3. The van der Waals surface area contributed by atoms with Crippen LogP contribution in [-0.4, -0.2) is 40.1 Å². The molecule has 0 bridgehead atoms. The summed E-state index contributed by atoms with van der Waals surface area (Å²) in [6.07, 6.45) is 3.74. The number of hydrogen-bond acceptors (Lipinski definition) is 5. The van der Waals surface area contributed by atoms with Crippen LogP contribution in [0, 0.1) is 0 Å². The molecule has 0 aliphatic heterocycles. The molecule has 4 nitrogen and oxygen atoms in total. The maximum atomic E-state index is 12.1. The largest absolute Gasteiger partial charge is 0.319 e. The highest BCUT2D eigenvalue weighted by molar-refractivity contribution is 7.99. The average molecular weight is 323 g/mol. The minimum atomic E-state index is -3.33. The minimum Gasteiger partial charge on any atom is -0.319 e. The molecule has 1 rings (SSSR count). The minimum absolute atomic E-state index is 0.412. The fourth-order valence-corrected chi connectivity index (χ4v) is 4.27. The molecule has 0 saturated carbocycles. The highest BCUT2D eigenvalue weighted by atomic mass is 32.2. The number of thiophene rings is 1. The van der Waals surface area contributed by atoms with Crippen LogP contribution in [0.4, 0.5) is 0 Å². The second-order valence-electron chi connectivity index (χ2n) is 4.31. The summed E-state index contributed by atoms with van der Waals surface area (Å²) in [4.78, 5) is 1.09. The van der Waals surface area contributed by atoms with E-state index < -0.39 is 10.0 Å². The van der Waals surface area contributed by atoms with Gasteiger partial charge >= 0.3 is 0 Å². The zero-order valence-corrected chi connectivity index (χ0v) is 14.1. The number of nitrogens with one attached hydrogen (secondary N) is 2. The Labute approximate surface area is 124 Å². The summed E-state index contributed by atoms with van der Waals surface area (Å²) in [5, 5.41) is 3.53. The summed E-state index contributed by atoms with van der Waals surface area (Å²) in [7, 11) is -1.44. The monoisotopic (exact) mass is 322 g/mol. The van der Waals surface area contributed by atoms with E-state index in [9.17, 15) is 8.42 Å². The smallest absolute Gasteiger partial charge is 0.250 e. The van der Waals surface area contributed by atoms with E-state index in [1.54, 1.807) is 17.8 Å². The van der Waals surface area contributed by atoms with Crippen LogP contribution < -0.4 is 10.0 Å². The lowest BCUT2D eigenvalue weighted by atomic mass is 10.3. The third-order valence-electron chi connectivity index (χ3n) is 2.77. The number of likely N-dealkylation sites (N-methyl/N-ethyl adjacent to an activating group) is 1. The first-order chi connectivity index (χ1) is 8.99. The summed E-state index contributed by atoms with van der Waals surface area (Å²) in [5.41, 5.74) is 0. The van der Waals surface area contributed by atoms with Crippen molar-refractivity contribution in [2.45, 2.75) is 29.2 Å². The molecule has 19 heavy (non-hydrogen) atoms. The molecule has 1 atom stereocenters. The highest BCUT2D eigenvalue weighted by Crippen LogP contribution is 2.21. The highest BCUT2D eigenvalue weighted by Gasteiger charge is 2.16. The first-order valence-electron chi connectivity index (χ1n) is 6.25. The molecule has 1 aromatic rings. The van der Waals surface area contributed by atoms with E-state index in [0.717, 1.165) is 24.3 Å². The Hall–Kier alpha value is -0.0800. The molecule has 0 fully saturated rings. The Morgan fingerprint density at radius 1 is 1.37 bits per heavy atom. The van der Waals surface area contributed by atoms with Gasteiger partial charge in [0.2, 0.25) is 10.0 Å². The molecule has 110 valence electrons. The van der Waals surface area contributed by atoms with E-state index in [1.165, 1.54) is 11.3 Å². The summed E-state index contributed by atoms with van der Waals surface area (Å²) in [6, 6.07) is 3.58. The lowest BCUT2D eigenvalue weighted by Gasteiger charge is -2.08. The Bertz CT molecular complexity index is 471. The van der Waals surface area contributed by atoms with Crippen LogP contribution in [0.15, 0.2) is 16.3 Å². The van der Waals surface area contributed by atoms with Gasteiger partial charge in [-0.3, -0.25) is 0 Å². The fourth-order valence-electron chi connectivity index (χ4n) is 1.47. The van der Waals surface area contributed by atoms with Gasteiger partial charge in [0, 0.05) is 16.7 Å². The lowest BCUT2D eigenvalue weighted by Crippen LogP contribution is -2.25. The van der Waals surface area contributed by atoms with Gasteiger partial charge in [-0.15, -0.1) is 11.3 Å². The van der Waals surface area contributed by atoms with Gasteiger partial charge in [0.1, 0.15) is 4.21 Å². The Kier molecular flexibility index (Phi) is 7.38. The van der Waals surface area contributed by atoms with Gasteiger partial charge in [0.15, 0.2) is 0 Å². The molecule has 0 aliphatic rings. The topological polar surface area (TPSA) is 58.2 Å². The first-order valence-corrected chi connectivity index (χ1v) is 9.84. The maximum Gasteiger partial charge on any atom is 0.250 e. The van der Waals surface area contributed by atoms with Gasteiger partial charge in [0.25, 0.3) is 0 Å². The van der Waals surface area contributed by atoms with Crippen molar-refractivity contribution < 1.29 is 8.42 Å². The van der Waals surface area contributed by atoms with Gasteiger partial charge in [-0.1, -0.05) is 6.92 Å². The summed E-state index contributed by atoms with van der Waals surface area (Å²) < 4.78 is 27.2. The van der Waals surface area contributed by atoms with Gasteiger partial charge in [0.05, 0.1) is 0 Å². The molecule has 1 heterocycles. The number of hydrogen-bond donors (Lipinski definition) is 2. The van der Waals surface area contributed by atoms with E-state index >= 15 is 0 Å². The molecule has 0 aromatic carbocycles. The molecule has 2 N–H and O–H groups in total. The number of sulfonamides is 1. The van der Waals surface area contributed by atoms with Gasteiger partial charge < -0.3 is 5.32 Å². The molecule has 0 spiro atoms. The predicted octanol–water partition coefficient (Wildman–Crippen LogP) is 1.93. The normalized spacial score (nSPS) is 13.6. The van der Waals surface area contributed by atoms with E-state index in [0.29, 0.717) is 16.0 Å². The third-order valence-corrected chi connectivity index (χ3v) is 6.91. The van der Waals surface area contributed by atoms with Crippen molar-refractivity contribution >= 4 is 33.1 Å². The molecule has 0 amide bonds. The Morgan fingerprint density at radius 2 is 2.11 bits per heavy atom. The van der Waals surface area contributed by atoms with E-state index in [2.05, 4.69) is 17.0 Å². The predicted molar refractivity (Wildman–Crippen MR) is 84.7 cm³/mol. The molecule has 0 radical (unpaired) electrons. The van der Waals surface area contributed by atoms with E-state index in [-0.39, 0.29) is 0 Å². The molecule has 0 saturated heterocycles. The SMILES string of the molecule is CNCCc1ccc(S(=O)(=O)NCCC(C)SC)s1. The van der Waals surface area contributed by atoms with Crippen molar-refractivity contribution in [1.29, 1.82) is 0 Å². The maximum absolute atomic E-state index is 12.1. The molecular weight excluding hydrogens is 300 g/mol. The first kappa shape index (κ1) is 17.0. The zero-order valence-electron chi connectivity index (χ0n) is 11.6. The van der Waals surface area contributed by atoms with E-state index in [4.69, 9.17) is 0 Å². The van der Waals surface area contributed by atoms with Crippen LogP contribution in [0.1, 0.15) is 18.2 Å². The Balaban J connectivity index is 2.54. The van der Waals surface area contributed by atoms with Crippen LogP contribution in [0.5, 0.6) is 0 Å². The summed E-state index contributed by atoms with van der Waals surface area (Å²) >= 11 is 3.09. The number of rotatable bonds is 9. The van der Waals surface area contributed by atoms with Crippen LogP contribution in [-0.2, 0) is 16.4 Å². The summed E-state index contributed by atoms with van der Waals surface area (Å²) in [6.45, 7) is 3.45. The van der Waals surface area contributed by atoms with Crippen molar-refractivity contribution in [1.82, 2.24) is 10.0 Å². The molecule has 1 unspecified atom stereocenters. The molecular formula is C12H22N2O2S3. The molecule has 7 heteroatoms. The third kappa shape index (κ3) is 5.83. The van der Waals surface area contributed by atoms with Crippen LogP contribution >= 0.6 is 23.1 Å². The summed E-state index contributed by atoms with van der Waals surface area (Å²) in [5.74, 6) is 0. The van der Waals surface area contributed by atoms with Gasteiger partial charge in [-0.2, -0.15) is 11.8 Å². The quantitative estimate of drug-likeness (QED) is 0.729. The van der Waals surface area contributed by atoms with Crippen molar-refractivity contribution in [3.63, 3.8) is 0 Å². The van der Waals surface area contributed by atoms with Crippen molar-refractivity contribution in [3.8, 4) is 0 Å². The lowest BCUT2D eigenvalue weighted by molar-refractivity contribution is 0.581. The molecule has 1 aromatic heterocycles. The second-order valence-corrected chi connectivity index (χ2v) is 8.75. The van der Waals surface area contributed by atoms with Crippen LogP contribution in [0.3, 0.4) is 0 Å². The molecule has 0 aliphatic carbocycles. The van der Waals surface area contributed by atoms with Gasteiger partial charge in [-0.25, -0.2) is 13.1 Å². The van der Waals surface area contributed by atoms with Crippen molar-refractivity contribution in [3.05, 3.63) is 17.0 Å². The van der Waals surface area contributed by atoms with E-state index in [1.807, 2.05) is 19.4 Å². The second kappa shape index (κ2) is 8.26. The van der Waals surface area contributed by atoms with Crippen LogP contribution in [0.25, 0.3) is 0 Å². The standard InChI is InChI=1S/C12H22N2O2S3/c1-10(17-3)6-9-14-19(15,16)12-5-4-11(18-12)7-8-13-2/h4-5,10,13-14H,6-9H2,1-3H3. The number of thioether (sulfide) groups is 1. The van der Waals surface area contributed by atoms with Crippen LogP contribution in [0.2, 0.25) is 0 Å². The average Bonchev–Trinajstić information content (AvgIpc) is 2.85. The Morgan fingerprint density at radius 3 is 2.74 bits per heavy atom. The van der Waals surface area contributed by atoms with Gasteiger partial charge in [-0.05, 0) is 44.8 Å². The fraction of sp³-hybridized carbons (Fsp3) is 0.667. The van der Waals surface area contributed by atoms with Crippen molar-refractivity contribution in [2.75, 3.05) is 26.4 Å².